The molecule has 9 nitrogen and oxygen atoms in total. The van der Waals surface area contributed by atoms with Gasteiger partial charge >= 0.3 is 0 Å². The Bertz CT molecular complexity index is 1640. The first kappa shape index (κ1) is 21.4. The summed E-state index contributed by atoms with van der Waals surface area (Å²) >= 11 is 0. The van der Waals surface area contributed by atoms with Gasteiger partial charge in [-0.2, -0.15) is 4.98 Å². The topological polar surface area (TPSA) is 108 Å². The van der Waals surface area contributed by atoms with Crippen molar-refractivity contribution in [3.63, 3.8) is 0 Å². The molecule has 3 heterocycles. The van der Waals surface area contributed by atoms with Crippen molar-refractivity contribution in [2.45, 2.75) is 26.9 Å². The van der Waals surface area contributed by atoms with Gasteiger partial charge in [0.2, 0.25) is 11.8 Å². The number of aryl methyl sites for hydroxylation is 2. The molecule has 1 amide bonds. The van der Waals surface area contributed by atoms with Gasteiger partial charge < -0.3 is 14.4 Å². The Morgan fingerprint density at radius 2 is 1.97 bits per heavy atom. The first-order chi connectivity index (χ1) is 16.3. The molecule has 3 aromatic heterocycles. The number of hydrogen-bond acceptors (Lipinski definition) is 6. The highest BCUT2D eigenvalue weighted by Gasteiger charge is 2.20. The normalized spacial score (nSPS) is 11.4. The fourth-order valence-electron chi connectivity index (χ4n) is 3.81. The molecule has 5 aromatic rings. The third kappa shape index (κ3) is 3.81. The minimum Gasteiger partial charge on any atom is -0.337 e. The van der Waals surface area contributed by atoms with Crippen LogP contribution in [-0.4, -0.2) is 30.2 Å². The lowest BCUT2D eigenvalue weighted by atomic mass is 10.2. The van der Waals surface area contributed by atoms with Crippen molar-refractivity contribution >= 4 is 33.5 Å². The van der Waals surface area contributed by atoms with E-state index in [1.165, 1.54) is 39.7 Å². The van der Waals surface area contributed by atoms with E-state index in [4.69, 9.17) is 4.52 Å². The molecular weight excluding hydrogens is 446 g/mol. The fraction of sp³-hybridized carbons (Fsp3) is 0.174. The Labute approximate surface area is 190 Å². The molecule has 0 aliphatic rings. The van der Waals surface area contributed by atoms with Gasteiger partial charge in [0.15, 0.2) is 5.82 Å². The Kier molecular flexibility index (Phi) is 5.16. The molecule has 0 radical (unpaired) electrons. The maximum absolute atomic E-state index is 14.0. The smallest absolute Gasteiger partial charge is 0.278 e. The summed E-state index contributed by atoms with van der Waals surface area (Å²) in [5, 5.41) is 6.73. The molecule has 2 aromatic carbocycles. The quantitative estimate of drug-likeness (QED) is 0.428. The summed E-state index contributed by atoms with van der Waals surface area (Å²) in [5.74, 6) is -0.805. The van der Waals surface area contributed by atoms with Crippen molar-refractivity contribution in [3.05, 3.63) is 82.0 Å². The van der Waals surface area contributed by atoms with E-state index in [9.17, 15) is 18.4 Å². The number of nitrogens with one attached hydrogen (secondary N) is 1. The summed E-state index contributed by atoms with van der Waals surface area (Å²) in [6.07, 6.45) is 1.31. The molecule has 0 saturated heterocycles. The highest BCUT2D eigenvalue weighted by atomic mass is 19.1. The van der Waals surface area contributed by atoms with Gasteiger partial charge in [0, 0.05) is 11.1 Å². The van der Waals surface area contributed by atoms with E-state index < -0.39 is 23.1 Å². The highest BCUT2D eigenvalue weighted by Crippen LogP contribution is 2.26. The predicted octanol–water partition coefficient (Wildman–Crippen LogP) is 3.32. The number of aromatic nitrogens is 5. The van der Waals surface area contributed by atoms with E-state index in [1.807, 2.05) is 0 Å². The number of rotatable bonds is 5. The van der Waals surface area contributed by atoms with Gasteiger partial charge in [0.1, 0.15) is 35.8 Å². The van der Waals surface area contributed by atoms with E-state index in [0.29, 0.717) is 22.3 Å². The third-order valence-electron chi connectivity index (χ3n) is 5.42. The van der Waals surface area contributed by atoms with Crippen molar-refractivity contribution in [3.8, 4) is 0 Å². The van der Waals surface area contributed by atoms with Gasteiger partial charge in [0.25, 0.3) is 5.56 Å². The van der Waals surface area contributed by atoms with Crippen LogP contribution in [0.4, 0.5) is 14.5 Å². The van der Waals surface area contributed by atoms with Crippen LogP contribution in [0.5, 0.6) is 0 Å². The van der Waals surface area contributed by atoms with Gasteiger partial charge in [0.05, 0.1) is 11.8 Å². The average molecular weight is 464 g/mol. The molecular formula is C23H18F2N6O3. The summed E-state index contributed by atoms with van der Waals surface area (Å²) < 4.78 is 35.7. The van der Waals surface area contributed by atoms with Crippen LogP contribution in [0, 0.1) is 25.5 Å². The number of halogens is 2. The lowest BCUT2D eigenvalue weighted by molar-refractivity contribution is -0.116. The van der Waals surface area contributed by atoms with Crippen molar-refractivity contribution in [1.29, 1.82) is 0 Å². The molecule has 0 aliphatic carbocycles. The SMILES string of the molecule is Cc1noc(Cn2cnc3c4cc(F)ccc4n(CC(=O)Nc4ccc(C)c(F)c4)c3c2=O)n1. The lowest BCUT2D eigenvalue weighted by Crippen LogP contribution is -2.25. The standard InChI is InChI=1S/C23H18F2N6O3/c1-12-3-5-15(8-17(12)25)28-19(32)9-31-18-6-4-14(24)7-16(18)21-22(31)23(33)30(11-26-21)10-20-27-13(2)29-34-20/h3-8,11H,9-10H2,1-2H3,(H,28,32). The van der Waals surface area contributed by atoms with Crippen molar-refractivity contribution < 1.29 is 18.1 Å². The van der Waals surface area contributed by atoms with Crippen LogP contribution in [0.15, 0.2) is 52.0 Å². The molecule has 0 aliphatic heterocycles. The van der Waals surface area contributed by atoms with Crippen LogP contribution in [0.2, 0.25) is 0 Å². The molecule has 0 atom stereocenters. The van der Waals surface area contributed by atoms with Gasteiger partial charge in [-0.3, -0.25) is 14.2 Å². The third-order valence-corrected chi connectivity index (χ3v) is 5.42. The summed E-state index contributed by atoms with van der Waals surface area (Å²) in [4.78, 5) is 34.7. The number of carbonyl (C=O) groups is 1. The first-order valence-corrected chi connectivity index (χ1v) is 10.3. The van der Waals surface area contributed by atoms with Crippen molar-refractivity contribution in [2.24, 2.45) is 0 Å². The van der Waals surface area contributed by atoms with E-state index in [-0.39, 0.29) is 35.7 Å². The van der Waals surface area contributed by atoms with E-state index in [1.54, 1.807) is 26.0 Å². The van der Waals surface area contributed by atoms with Crippen LogP contribution < -0.4 is 10.9 Å². The molecule has 0 bridgehead atoms. The fourth-order valence-corrected chi connectivity index (χ4v) is 3.81. The first-order valence-electron chi connectivity index (χ1n) is 10.3. The maximum Gasteiger partial charge on any atom is 0.278 e. The Morgan fingerprint density at radius 3 is 2.71 bits per heavy atom. The summed E-state index contributed by atoms with van der Waals surface area (Å²) in [5.41, 5.74) is 1.09. The summed E-state index contributed by atoms with van der Waals surface area (Å²) in [7, 11) is 0. The van der Waals surface area contributed by atoms with Gasteiger partial charge in [-0.25, -0.2) is 13.8 Å². The van der Waals surface area contributed by atoms with Crippen molar-refractivity contribution in [1.82, 2.24) is 24.3 Å². The number of nitrogens with zero attached hydrogens (tertiary/aromatic N) is 5. The molecule has 0 unspecified atom stereocenters. The molecule has 11 heteroatoms. The van der Waals surface area contributed by atoms with Gasteiger partial charge in [-0.1, -0.05) is 11.2 Å². The molecule has 34 heavy (non-hydrogen) atoms. The number of fused-ring (bicyclic) bond motifs is 3. The number of carbonyl (C=O) groups excluding carboxylic acids is 1. The summed E-state index contributed by atoms with van der Waals surface area (Å²) in [6, 6.07) is 8.34. The summed E-state index contributed by atoms with van der Waals surface area (Å²) in [6.45, 7) is 2.98. The number of amides is 1. The predicted molar refractivity (Wildman–Crippen MR) is 119 cm³/mol. The molecule has 0 spiro atoms. The molecule has 0 saturated carbocycles. The van der Waals surface area contributed by atoms with Crippen LogP contribution in [0.25, 0.3) is 21.9 Å². The van der Waals surface area contributed by atoms with Crippen LogP contribution in [0.1, 0.15) is 17.3 Å². The van der Waals surface area contributed by atoms with Crippen LogP contribution in [-0.2, 0) is 17.9 Å². The van der Waals surface area contributed by atoms with Gasteiger partial charge in [-0.15, -0.1) is 0 Å². The zero-order valence-electron chi connectivity index (χ0n) is 18.2. The highest BCUT2D eigenvalue weighted by molar-refractivity contribution is 6.06. The van der Waals surface area contributed by atoms with Crippen LogP contribution >= 0.6 is 0 Å². The zero-order chi connectivity index (χ0) is 24.0. The minimum atomic E-state index is -0.501. The number of anilines is 1. The maximum atomic E-state index is 14.0. The second-order valence-electron chi connectivity index (χ2n) is 7.87. The Morgan fingerprint density at radius 1 is 1.15 bits per heavy atom. The van der Waals surface area contributed by atoms with E-state index >= 15 is 0 Å². The Balaban J connectivity index is 1.59. The van der Waals surface area contributed by atoms with E-state index in [0.717, 1.165) is 0 Å². The largest absolute Gasteiger partial charge is 0.337 e. The molecule has 5 rings (SSSR count). The lowest BCUT2D eigenvalue weighted by Gasteiger charge is -2.10. The number of hydrogen-bond donors (Lipinski definition) is 1. The number of benzene rings is 2. The second-order valence-corrected chi connectivity index (χ2v) is 7.87. The average Bonchev–Trinajstić information content (AvgIpc) is 3.33. The Hall–Kier alpha value is -4.41. The molecule has 172 valence electrons. The molecule has 1 N–H and O–H groups in total. The van der Waals surface area contributed by atoms with Crippen molar-refractivity contribution in [2.75, 3.05) is 5.32 Å². The minimum absolute atomic E-state index is 0.0205. The zero-order valence-corrected chi connectivity index (χ0v) is 18.2. The monoisotopic (exact) mass is 464 g/mol. The second kappa shape index (κ2) is 8.18. The van der Waals surface area contributed by atoms with Crippen LogP contribution in [0.3, 0.4) is 0 Å². The van der Waals surface area contributed by atoms with Gasteiger partial charge in [-0.05, 0) is 49.7 Å². The van der Waals surface area contributed by atoms with E-state index in [2.05, 4.69) is 20.4 Å². The molecule has 0 fully saturated rings.